The Balaban J connectivity index is 0.000000142. The summed E-state index contributed by atoms with van der Waals surface area (Å²) in [5, 5.41) is 2.13. The summed E-state index contributed by atoms with van der Waals surface area (Å²) < 4.78 is 30.9. The maximum atomic E-state index is 12.5. The van der Waals surface area contributed by atoms with Gasteiger partial charge in [-0.2, -0.15) is 0 Å². The van der Waals surface area contributed by atoms with Gasteiger partial charge < -0.3 is 0 Å². The second-order valence-corrected chi connectivity index (χ2v) is 14.1. The average Bonchev–Trinajstić information content (AvgIpc) is 3.62. The lowest BCUT2D eigenvalue weighted by molar-refractivity contribution is 0.574. The van der Waals surface area contributed by atoms with Gasteiger partial charge in [0.05, 0.1) is 22.7 Å². The first-order chi connectivity index (χ1) is 16.4. The fraction of sp³-hybridized carbons (Fsp3) is 0.417. The number of rotatable bonds is 4. The first-order valence-electron chi connectivity index (χ1n) is 11.6. The Morgan fingerprint density at radius 1 is 0.794 bits per heavy atom. The van der Waals surface area contributed by atoms with E-state index in [1.54, 1.807) is 16.7 Å². The second-order valence-electron chi connectivity index (χ2n) is 8.82. The first kappa shape index (κ1) is 24.3. The summed E-state index contributed by atoms with van der Waals surface area (Å²) in [4.78, 5) is 8.58. The van der Waals surface area contributed by atoms with Crippen molar-refractivity contribution >= 4 is 64.8 Å². The minimum Gasteiger partial charge on any atom is -0.294 e. The van der Waals surface area contributed by atoms with Crippen LogP contribution in [-0.2, 0) is 9.84 Å². The van der Waals surface area contributed by atoms with Gasteiger partial charge >= 0.3 is 0 Å². The fourth-order valence-corrected chi connectivity index (χ4v) is 8.58. The van der Waals surface area contributed by atoms with E-state index < -0.39 is 9.84 Å². The molecule has 10 heteroatoms. The molecule has 4 aromatic heterocycles. The van der Waals surface area contributed by atoms with Crippen molar-refractivity contribution in [3.63, 3.8) is 0 Å². The molecule has 2 saturated carbocycles. The number of fused-ring (bicyclic) bond motifs is 2. The lowest BCUT2D eigenvalue weighted by atomic mass is 10.4. The van der Waals surface area contributed by atoms with Gasteiger partial charge in [0.15, 0.2) is 14.9 Å². The van der Waals surface area contributed by atoms with Crippen LogP contribution in [0.3, 0.4) is 0 Å². The zero-order valence-electron chi connectivity index (χ0n) is 18.6. The van der Waals surface area contributed by atoms with E-state index in [0.29, 0.717) is 10.7 Å². The highest BCUT2D eigenvalue weighted by Gasteiger charge is 2.32. The van der Waals surface area contributed by atoms with Gasteiger partial charge in [-0.3, -0.25) is 8.80 Å². The molecule has 0 aliphatic heterocycles. The average molecular weight is 626 g/mol. The highest BCUT2D eigenvalue weighted by Crippen LogP contribution is 2.35. The standard InChI is InChI=1S/C12H13BrN2O2S.C12H13BrN2S/c13-9-5-6-11-14-7-12(15(11)8-9)18(16,17)10-3-1-2-4-10;13-9-5-6-11-14-7-12(15(11)8-9)16-10-3-1-2-4-10/h5-8,10H,1-4H2;5-8,10H,1-4H2. The number of imidazole rings is 2. The smallest absolute Gasteiger partial charge is 0.198 e. The normalized spacial score (nSPS) is 17.5. The predicted molar refractivity (Wildman–Crippen MR) is 143 cm³/mol. The molecule has 0 aromatic carbocycles. The molecule has 0 saturated heterocycles. The van der Waals surface area contributed by atoms with Crippen molar-refractivity contribution in [2.75, 3.05) is 0 Å². The number of sulfone groups is 1. The lowest BCUT2D eigenvalue weighted by Crippen LogP contribution is -2.19. The van der Waals surface area contributed by atoms with Crippen LogP contribution in [0.2, 0.25) is 0 Å². The van der Waals surface area contributed by atoms with Gasteiger partial charge in [0, 0.05) is 26.6 Å². The van der Waals surface area contributed by atoms with Crippen molar-refractivity contribution in [1.29, 1.82) is 0 Å². The summed E-state index contributed by atoms with van der Waals surface area (Å²) in [7, 11) is -3.26. The topological polar surface area (TPSA) is 68.7 Å². The van der Waals surface area contributed by atoms with Gasteiger partial charge in [0.2, 0.25) is 0 Å². The quantitative estimate of drug-likeness (QED) is 0.246. The molecule has 2 aliphatic carbocycles. The van der Waals surface area contributed by atoms with Crippen molar-refractivity contribution in [3.05, 3.63) is 58.0 Å². The highest BCUT2D eigenvalue weighted by molar-refractivity contribution is 9.10. The number of thioether (sulfide) groups is 1. The van der Waals surface area contributed by atoms with Crippen LogP contribution in [0, 0.1) is 0 Å². The Morgan fingerprint density at radius 3 is 2.03 bits per heavy atom. The van der Waals surface area contributed by atoms with E-state index in [0.717, 1.165) is 45.5 Å². The molecule has 0 atom stereocenters. The SMILES string of the molecule is Brc1ccc2ncc(SC3CCCC3)n2c1.O=S(=O)(c1cnc2ccc(Br)cn12)C1CCCC1. The fourth-order valence-electron chi connectivity index (χ4n) is 4.71. The van der Waals surface area contributed by atoms with Crippen molar-refractivity contribution in [1.82, 2.24) is 18.8 Å². The number of halogens is 2. The summed E-state index contributed by atoms with van der Waals surface area (Å²) >= 11 is 8.84. The van der Waals surface area contributed by atoms with E-state index in [9.17, 15) is 8.42 Å². The van der Waals surface area contributed by atoms with Crippen molar-refractivity contribution in [2.45, 2.75) is 71.9 Å². The zero-order chi connectivity index (χ0) is 23.7. The van der Waals surface area contributed by atoms with E-state index in [4.69, 9.17) is 0 Å². The molecular weight excluding hydrogens is 600 g/mol. The Kier molecular flexibility index (Phi) is 7.39. The summed E-state index contributed by atoms with van der Waals surface area (Å²) in [5.41, 5.74) is 1.69. The van der Waals surface area contributed by atoms with Crippen LogP contribution in [0.25, 0.3) is 11.3 Å². The third-order valence-corrected chi connectivity index (χ3v) is 11.0. The predicted octanol–water partition coefficient (Wildman–Crippen LogP) is 6.94. The maximum Gasteiger partial charge on any atom is 0.198 e. The molecule has 34 heavy (non-hydrogen) atoms. The number of hydrogen-bond donors (Lipinski definition) is 0. The van der Waals surface area contributed by atoms with Crippen molar-refractivity contribution in [3.8, 4) is 0 Å². The number of pyridine rings is 2. The van der Waals surface area contributed by atoms with Gasteiger partial charge in [0.1, 0.15) is 11.3 Å². The van der Waals surface area contributed by atoms with E-state index in [1.165, 1.54) is 36.9 Å². The summed E-state index contributed by atoms with van der Waals surface area (Å²) in [6.45, 7) is 0. The molecule has 0 unspecified atom stereocenters. The number of hydrogen-bond acceptors (Lipinski definition) is 5. The van der Waals surface area contributed by atoms with E-state index in [2.05, 4.69) is 52.4 Å². The second kappa shape index (κ2) is 10.3. The molecular formula is C24H26Br2N4O2S2. The molecule has 0 N–H and O–H groups in total. The number of aromatic nitrogens is 4. The van der Waals surface area contributed by atoms with E-state index >= 15 is 0 Å². The Morgan fingerprint density at radius 2 is 1.35 bits per heavy atom. The van der Waals surface area contributed by atoms with E-state index in [1.807, 2.05) is 36.2 Å². The molecule has 2 fully saturated rings. The minimum absolute atomic E-state index is 0.239. The van der Waals surface area contributed by atoms with Gasteiger partial charge in [-0.1, -0.05) is 25.7 Å². The molecule has 4 heterocycles. The molecule has 2 aliphatic rings. The highest BCUT2D eigenvalue weighted by atomic mass is 79.9. The Bertz CT molecular complexity index is 1410. The summed E-state index contributed by atoms with van der Waals surface area (Å²) in [5.74, 6) is 0. The Labute approximate surface area is 220 Å². The number of nitrogens with zero attached hydrogens (tertiary/aromatic N) is 4. The minimum atomic E-state index is -3.26. The lowest BCUT2D eigenvalue weighted by Gasteiger charge is -2.10. The largest absolute Gasteiger partial charge is 0.294 e. The molecule has 180 valence electrons. The van der Waals surface area contributed by atoms with Crippen LogP contribution < -0.4 is 0 Å². The van der Waals surface area contributed by atoms with Crippen molar-refractivity contribution < 1.29 is 8.42 Å². The monoisotopic (exact) mass is 624 g/mol. The first-order valence-corrected chi connectivity index (χ1v) is 15.6. The molecule has 0 spiro atoms. The summed E-state index contributed by atoms with van der Waals surface area (Å²) in [6, 6.07) is 7.74. The van der Waals surface area contributed by atoms with Gasteiger partial charge in [0.25, 0.3) is 0 Å². The van der Waals surface area contributed by atoms with Crippen LogP contribution >= 0.6 is 43.6 Å². The van der Waals surface area contributed by atoms with Gasteiger partial charge in [-0.05, 0) is 81.8 Å². The summed E-state index contributed by atoms with van der Waals surface area (Å²) in [6.07, 6.45) is 16.3. The third kappa shape index (κ3) is 5.10. The molecule has 0 bridgehead atoms. The zero-order valence-corrected chi connectivity index (χ0v) is 23.4. The Hall–Kier alpha value is -1.36. The van der Waals surface area contributed by atoms with E-state index in [-0.39, 0.29) is 5.25 Å². The van der Waals surface area contributed by atoms with Crippen LogP contribution in [0.15, 0.2) is 68.1 Å². The van der Waals surface area contributed by atoms with Crippen molar-refractivity contribution in [2.24, 2.45) is 0 Å². The molecule has 6 rings (SSSR count). The van der Waals surface area contributed by atoms with Gasteiger partial charge in [-0.15, -0.1) is 11.8 Å². The molecule has 6 nitrogen and oxygen atoms in total. The molecule has 4 aromatic rings. The molecule has 0 amide bonds. The molecule has 0 radical (unpaired) electrons. The maximum absolute atomic E-state index is 12.5. The van der Waals surface area contributed by atoms with Gasteiger partial charge in [-0.25, -0.2) is 18.4 Å². The van der Waals surface area contributed by atoms with Crippen LogP contribution in [0.5, 0.6) is 0 Å². The van der Waals surface area contributed by atoms with Crippen LogP contribution in [0.4, 0.5) is 0 Å². The van der Waals surface area contributed by atoms with Crippen LogP contribution in [0.1, 0.15) is 51.4 Å². The van der Waals surface area contributed by atoms with Crippen LogP contribution in [-0.4, -0.2) is 37.7 Å². The third-order valence-electron chi connectivity index (χ3n) is 6.49.